The number of carbonyl (C=O) groups is 2. The summed E-state index contributed by atoms with van der Waals surface area (Å²) in [6.45, 7) is 5.58. The number of carboxylic acid groups (broad SMARTS) is 1. The lowest BCUT2D eigenvalue weighted by Crippen LogP contribution is -2.53. The first-order valence-electron chi connectivity index (χ1n) is 6.61. The molecule has 1 amide bonds. The quantitative estimate of drug-likeness (QED) is 0.752. The number of carboxylic acids is 1. The lowest BCUT2D eigenvalue weighted by atomic mass is 10.1. The standard InChI is InChI=1S/C13H23NO5/c1-9(11(15)14-13(2,3)12(16)17)19-8-10-6-4-5-7-18-10/h9-10H,4-8H2,1-3H3,(H,14,15)(H,16,17)/t9-,10+/m0/s1. The fraction of sp³-hybridized carbons (Fsp3) is 0.846. The summed E-state index contributed by atoms with van der Waals surface area (Å²) in [5, 5.41) is 11.4. The van der Waals surface area contributed by atoms with Crippen molar-refractivity contribution < 1.29 is 24.2 Å². The third-order valence-electron chi connectivity index (χ3n) is 3.15. The molecular formula is C13H23NO5. The van der Waals surface area contributed by atoms with Crippen molar-refractivity contribution in [2.75, 3.05) is 13.2 Å². The van der Waals surface area contributed by atoms with Crippen LogP contribution < -0.4 is 5.32 Å². The first kappa shape index (κ1) is 15.9. The number of ether oxygens (including phenoxy) is 2. The summed E-state index contributed by atoms with van der Waals surface area (Å²) < 4.78 is 10.9. The van der Waals surface area contributed by atoms with Crippen LogP contribution in [0, 0.1) is 0 Å². The van der Waals surface area contributed by atoms with Crippen molar-refractivity contribution in [2.24, 2.45) is 0 Å². The molecule has 1 heterocycles. The molecule has 0 spiro atoms. The molecule has 0 radical (unpaired) electrons. The Balaban J connectivity index is 2.34. The van der Waals surface area contributed by atoms with Crippen LogP contribution in [-0.2, 0) is 19.1 Å². The van der Waals surface area contributed by atoms with Gasteiger partial charge in [-0.3, -0.25) is 4.79 Å². The minimum Gasteiger partial charge on any atom is -0.480 e. The van der Waals surface area contributed by atoms with Crippen molar-refractivity contribution in [2.45, 2.75) is 57.8 Å². The van der Waals surface area contributed by atoms with Gasteiger partial charge in [-0.05, 0) is 40.0 Å². The van der Waals surface area contributed by atoms with E-state index in [4.69, 9.17) is 14.6 Å². The van der Waals surface area contributed by atoms with Crippen LogP contribution in [0.4, 0.5) is 0 Å². The van der Waals surface area contributed by atoms with E-state index in [9.17, 15) is 9.59 Å². The Morgan fingerprint density at radius 2 is 2.16 bits per heavy atom. The molecule has 1 aliphatic heterocycles. The second-order valence-corrected chi connectivity index (χ2v) is 5.38. The van der Waals surface area contributed by atoms with Crippen molar-refractivity contribution in [3.63, 3.8) is 0 Å². The van der Waals surface area contributed by atoms with Gasteiger partial charge in [0, 0.05) is 6.61 Å². The molecule has 0 aromatic heterocycles. The van der Waals surface area contributed by atoms with Gasteiger partial charge in [0.1, 0.15) is 11.6 Å². The lowest BCUT2D eigenvalue weighted by Gasteiger charge is -2.26. The highest BCUT2D eigenvalue weighted by Crippen LogP contribution is 2.13. The number of hydrogen-bond acceptors (Lipinski definition) is 4. The minimum absolute atomic E-state index is 0.0384. The number of carbonyl (C=O) groups excluding carboxylic acids is 1. The van der Waals surface area contributed by atoms with Crippen LogP contribution in [-0.4, -0.2) is 47.9 Å². The normalized spacial score (nSPS) is 21.7. The van der Waals surface area contributed by atoms with Gasteiger partial charge in [0.2, 0.25) is 5.91 Å². The van der Waals surface area contributed by atoms with E-state index in [-0.39, 0.29) is 6.10 Å². The molecule has 0 unspecified atom stereocenters. The van der Waals surface area contributed by atoms with Crippen molar-refractivity contribution in [3.05, 3.63) is 0 Å². The van der Waals surface area contributed by atoms with Crippen LogP contribution in [0.1, 0.15) is 40.0 Å². The van der Waals surface area contributed by atoms with E-state index in [1.165, 1.54) is 13.8 Å². The van der Waals surface area contributed by atoms with Gasteiger partial charge in [-0.1, -0.05) is 0 Å². The minimum atomic E-state index is -1.30. The van der Waals surface area contributed by atoms with E-state index in [1.54, 1.807) is 6.92 Å². The molecule has 0 bridgehead atoms. The lowest BCUT2D eigenvalue weighted by molar-refractivity contribution is -0.149. The van der Waals surface area contributed by atoms with Crippen LogP contribution in [0.25, 0.3) is 0 Å². The Bertz CT molecular complexity index is 323. The molecule has 6 nitrogen and oxygen atoms in total. The zero-order valence-electron chi connectivity index (χ0n) is 11.8. The molecule has 1 rings (SSSR count). The predicted molar refractivity (Wildman–Crippen MR) is 68.9 cm³/mol. The SMILES string of the molecule is C[C@H](OC[C@H]1CCCCO1)C(=O)NC(C)(C)C(=O)O. The molecule has 1 aliphatic rings. The first-order chi connectivity index (χ1) is 8.83. The van der Waals surface area contributed by atoms with Crippen molar-refractivity contribution in [1.82, 2.24) is 5.32 Å². The largest absolute Gasteiger partial charge is 0.480 e. The van der Waals surface area contributed by atoms with Gasteiger partial charge in [0.25, 0.3) is 0 Å². The molecule has 0 aromatic rings. The Labute approximate surface area is 113 Å². The van der Waals surface area contributed by atoms with Gasteiger partial charge in [-0.2, -0.15) is 0 Å². The highest BCUT2D eigenvalue weighted by molar-refractivity contribution is 5.88. The summed E-state index contributed by atoms with van der Waals surface area (Å²) in [4.78, 5) is 22.7. The van der Waals surface area contributed by atoms with E-state index < -0.39 is 23.5 Å². The Morgan fingerprint density at radius 3 is 2.68 bits per heavy atom. The molecule has 0 aromatic carbocycles. The Morgan fingerprint density at radius 1 is 1.47 bits per heavy atom. The summed E-state index contributed by atoms with van der Waals surface area (Å²) in [6.07, 6.45) is 2.47. The maximum Gasteiger partial charge on any atom is 0.328 e. The molecule has 6 heteroatoms. The van der Waals surface area contributed by atoms with E-state index in [1.807, 2.05) is 0 Å². The summed E-state index contributed by atoms with van der Waals surface area (Å²) in [6, 6.07) is 0. The molecule has 2 atom stereocenters. The number of hydrogen-bond donors (Lipinski definition) is 2. The third kappa shape index (κ3) is 5.16. The van der Waals surface area contributed by atoms with Crippen LogP contribution in [0.15, 0.2) is 0 Å². The smallest absolute Gasteiger partial charge is 0.328 e. The number of amides is 1. The van der Waals surface area contributed by atoms with E-state index in [0.29, 0.717) is 6.61 Å². The Kier molecular flexibility index (Phi) is 5.75. The summed E-state index contributed by atoms with van der Waals surface area (Å²) in [5.74, 6) is -1.51. The topological polar surface area (TPSA) is 84.9 Å². The van der Waals surface area contributed by atoms with Crippen LogP contribution in [0.5, 0.6) is 0 Å². The zero-order chi connectivity index (χ0) is 14.5. The highest BCUT2D eigenvalue weighted by Gasteiger charge is 2.31. The molecule has 1 fully saturated rings. The van der Waals surface area contributed by atoms with Crippen LogP contribution in [0.2, 0.25) is 0 Å². The summed E-state index contributed by atoms with van der Waals surface area (Å²) in [7, 11) is 0. The second-order valence-electron chi connectivity index (χ2n) is 5.38. The summed E-state index contributed by atoms with van der Waals surface area (Å²) >= 11 is 0. The molecule has 2 N–H and O–H groups in total. The highest BCUT2D eigenvalue weighted by atomic mass is 16.5. The third-order valence-corrected chi connectivity index (χ3v) is 3.15. The van der Waals surface area contributed by atoms with Crippen LogP contribution in [0.3, 0.4) is 0 Å². The molecule has 19 heavy (non-hydrogen) atoms. The van der Waals surface area contributed by atoms with Gasteiger partial charge in [-0.15, -0.1) is 0 Å². The molecular weight excluding hydrogens is 250 g/mol. The predicted octanol–water partition coefficient (Wildman–Crippen LogP) is 0.940. The molecule has 1 saturated heterocycles. The van der Waals surface area contributed by atoms with E-state index >= 15 is 0 Å². The average Bonchev–Trinajstić information content (AvgIpc) is 2.36. The zero-order valence-corrected chi connectivity index (χ0v) is 11.8. The second kappa shape index (κ2) is 6.86. The molecule has 0 saturated carbocycles. The van der Waals surface area contributed by atoms with Crippen molar-refractivity contribution in [1.29, 1.82) is 0 Å². The fourth-order valence-electron chi connectivity index (χ4n) is 1.73. The summed E-state index contributed by atoms with van der Waals surface area (Å²) in [5.41, 5.74) is -1.30. The van der Waals surface area contributed by atoms with Crippen LogP contribution >= 0.6 is 0 Å². The van der Waals surface area contributed by atoms with Crippen molar-refractivity contribution >= 4 is 11.9 Å². The maximum absolute atomic E-state index is 11.8. The number of nitrogens with one attached hydrogen (secondary N) is 1. The number of rotatable bonds is 6. The van der Waals surface area contributed by atoms with Gasteiger partial charge in [-0.25, -0.2) is 4.79 Å². The van der Waals surface area contributed by atoms with Gasteiger partial charge >= 0.3 is 5.97 Å². The molecule has 110 valence electrons. The average molecular weight is 273 g/mol. The van der Waals surface area contributed by atoms with E-state index in [0.717, 1.165) is 25.9 Å². The van der Waals surface area contributed by atoms with Gasteiger partial charge < -0.3 is 19.9 Å². The number of aliphatic carboxylic acids is 1. The van der Waals surface area contributed by atoms with E-state index in [2.05, 4.69) is 5.32 Å². The van der Waals surface area contributed by atoms with Gasteiger partial charge in [0.15, 0.2) is 0 Å². The fourth-order valence-corrected chi connectivity index (χ4v) is 1.73. The monoisotopic (exact) mass is 273 g/mol. The molecule has 0 aliphatic carbocycles. The first-order valence-corrected chi connectivity index (χ1v) is 6.61. The van der Waals surface area contributed by atoms with Gasteiger partial charge in [0.05, 0.1) is 12.7 Å². The maximum atomic E-state index is 11.8. The Hall–Kier alpha value is -1.14. The van der Waals surface area contributed by atoms with Crippen molar-refractivity contribution in [3.8, 4) is 0 Å².